The molecule has 0 aliphatic carbocycles. The molecule has 0 aromatic carbocycles. The number of nitrogens with one attached hydrogen (secondary N) is 2. The van der Waals surface area contributed by atoms with E-state index in [1.807, 2.05) is 6.92 Å². The van der Waals surface area contributed by atoms with Gasteiger partial charge in [-0.2, -0.15) is 4.39 Å². The summed E-state index contributed by atoms with van der Waals surface area (Å²) in [6, 6.07) is 2.77. The number of nitrogens with zero attached hydrogens (tertiary/aromatic N) is 1. The van der Waals surface area contributed by atoms with Crippen molar-refractivity contribution in [1.82, 2.24) is 10.3 Å². The first-order valence-electron chi connectivity index (χ1n) is 6.30. The Morgan fingerprint density at radius 1 is 1.61 bits per heavy atom. The molecule has 1 atom stereocenters. The number of hydrogen-bond donors (Lipinski definition) is 2. The van der Waals surface area contributed by atoms with Crippen LogP contribution in [0.5, 0.6) is 0 Å². The summed E-state index contributed by atoms with van der Waals surface area (Å²) in [5.41, 5.74) is 0.187. The van der Waals surface area contributed by atoms with Gasteiger partial charge in [-0.05, 0) is 37.9 Å². The molecule has 98 valence electrons. The Morgan fingerprint density at radius 3 is 3.00 bits per heavy atom. The molecule has 2 rings (SSSR count). The predicted molar refractivity (Wildman–Crippen MR) is 67.7 cm³/mol. The van der Waals surface area contributed by atoms with Crippen LogP contribution in [0, 0.1) is 11.4 Å². The van der Waals surface area contributed by atoms with Gasteiger partial charge in [0.05, 0.1) is 17.3 Å². The van der Waals surface area contributed by atoms with Gasteiger partial charge >= 0.3 is 0 Å². The van der Waals surface area contributed by atoms with Gasteiger partial charge in [-0.1, -0.05) is 6.92 Å². The summed E-state index contributed by atoms with van der Waals surface area (Å²) in [7, 11) is 0. The molecule has 1 amide bonds. The summed E-state index contributed by atoms with van der Waals surface area (Å²) in [4.78, 5) is 15.9. The smallest absolute Gasteiger partial charge is 0.231 e. The maximum absolute atomic E-state index is 12.7. The standard InChI is InChI=1S/C13H18FN3O/c1-2-13(6-3-7-15-9-13)12(18)17-10-4-5-11(14)16-8-10/h4-5,8,15H,2-3,6-7,9H2,1H3,(H,17,18). The number of piperidine rings is 1. The van der Waals surface area contributed by atoms with E-state index >= 15 is 0 Å². The van der Waals surface area contributed by atoms with E-state index in [2.05, 4.69) is 15.6 Å². The molecule has 1 unspecified atom stereocenters. The van der Waals surface area contributed by atoms with Crippen LogP contribution in [-0.4, -0.2) is 24.0 Å². The summed E-state index contributed by atoms with van der Waals surface area (Å²) < 4.78 is 12.7. The van der Waals surface area contributed by atoms with Gasteiger partial charge in [0.15, 0.2) is 0 Å². The quantitative estimate of drug-likeness (QED) is 0.807. The van der Waals surface area contributed by atoms with Crippen molar-refractivity contribution in [2.45, 2.75) is 26.2 Å². The normalized spacial score (nSPS) is 23.7. The zero-order valence-electron chi connectivity index (χ0n) is 10.5. The highest BCUT2D eigenvalue weighted by Gasteiger charge is 2.37. The number of carbonyl (C=O) groups is 1. The molecule has 2 N–H and O–H groups in total. The first-order valence-corrected chi connectivity index (χ1v) is 6.30. The molecule has 0 spiro atoms. The van der Waals surface area contributed by atoms with Gasteiger partial charge in [-0.15, -0.1) is 0 Å². The third-order valence-corrected chi connectivity index (χ3v) is 3.62. The molecule has 0 radical (unpaired) electrons. The summed E-state index contributed by atoms with van der Waals surface area (Å²) in [6.07, 6.45) is 4.02. The summed E-state index contributed by atoms with van der Waals surface area (Å²) >= 11 is 0. The Hall–Kier alpha value is -1.49. The lowest BCUT2D eigenvalue weighted by Crippen LogP contribution is -2.47. The zero-order chi connectivity index (χ0) is 13.0. The summed E-state index contributed by atoms with van der Waals surface area (Å²) in [5.74, 6) is -0.553. The van der Waals surface area contributed by atoms with Crippen LogP contribution in [-0.2, 0) is 4.79 Å². The number of carbonyl (C=O) groups excluding carboxylic acids is 1. The minimum Gasteiger partial charge on any atom is -0.324 e. The molecule has 18 heavy (non-hydrogen) atoms. The van der Waals surface area contributed by atoms with Crippen LogP contribution in [0.4, 0.5) is 10.1 Å². The molecule has 5 heteroatoms. The van der Waals surface area contributed by atoms with Crippen molar-refractivity contribution in [3.63, 3.8) is 0 Å². The molecular weight excluding hydrogens is 233 g/mol. The van der Waals surface area contributed by atoms with Crippen LogP contribution >= 0.6 is 0 Å². The summed E-state index contributed by atoms with van der Waals surface area (Å²) in [6.45, 7) is 3.69. The van der Waals surface area contributed by atoms with E-state index in [1.54, 1.807) is 0 Å². The third kappa shape index (κ3) is 2.67. The van der Waals surface area contributed by atoms with Crippen LogP contribution in [0.25, 0.3) is 0 Å². The van der Waals surface area contributed by atoms with E-state index in [4.69, 9.17) is 0 Å². The van der Waals surface area contributed by atoms with Gasteiger partial charge in [-0.3, -0.25) is 4.79 Å². The van der Waals surface area contributed by atoms with Gasteiger partial charge in [0.2, 0.25) is 11.9 Å². The molecule has 2 heterocycles. The maximum atomic E-state index is 12.7. The minimum atomic E-state index is -0.544. The molecule has 0 bridgehead atoms. The molecule has 1 aromatic rings. The lowest BCUT2D eigenvalue weighted by molar-refractivity contribution is -0.126. The molecule has 4 nitrogen and oxygen atoms in total. The average Bonchev–Trinajstić information content (AvgIpc) is 2.42. The average molecular weight is 251 g/mol. The van der Waals surface area contributed by atoms with Gasteiger partial charge in [0.1, 0.15) is 0 Å². The monoisotopic (exact) mass is 251 g/mol. The van der Waals surface area contributed by atoms with Crippen molar-refractivity contribution in [3.8, 4) is 0 Å². The Labute approximate surface area is 106 Å². The first kappa shape index (κ1) is 13.0. The van der Waals surface area contributed by atoms with Crippen LogP contribution in [0.15, 0.2) is 18.3 Å². The largest absolute Gasteiger partial charge is 0.324 e. The molecule has 1 aromatic heterocycles. The molecule has 1 aliphatic heterocycles. The molecule has 1 aliphatic rings. The van der Waals surface area contributed by atoms with Crippen molar-refractivity contribution in [2.24, 2.45) is 5.41 Å². The number of rotatable bonds is 3. The van der Waals surface area contributed by atoms with E-state index in [0.29, 0.717) is 12.2 Å². The fraction of sp³-hybridized carbons (Fsp3) is 0.538. The Bertz CT molecular complexity index is 413. The van der Waals surface area contributed by atoms with E-state index in [0.717, 1.165) is 25.8 Å². The van der Waals surface area contributed by atoms with Crippen LogP contribution in [0.2, 0.25) is 0 Å². The number of aromatic nitrogens is 1. The van der Waals surface area contributed by atoms with Gasteiger partial charge in [0, 0.05) is 6.54 Å². The Morgan fingerprint density at radius 2 is 2.44 bits per heavy atom. The van der Waals surface area contributed by atoms with E-state index in [9.17, 15) is 9.18 Å². The molecule has 1 fully saturated rings. The predicted octanol–water partition coefficient (Wildman–Crippen LogP) is 1.94. The zero-order valence-corrected chi connectivity index (χ0v) is 10.5. The van der Waals surface area contributed by atoms with Crippen molar-refractivity contribution in [1.29, 1.82) is 0 Å². The molecular formula is C13H18FN3O. The highest BCUT2D eigenvalue weighted by Crippen LogP contribution is 2.31. The highest BCUT2D eigenvalue weighted by molar-refractivity contribution is 5.95. The topological polar surface area (TPSA) is 54.0 Å². The van der Waals surface area contributed by atoms with Crippen molar-refractivity contribution in [3.05, 3.63) is 24.3 Å². The van der Waals surface area contributed by atoms with Gasteiger partial charge in [0.25, 0.3) is 0 Å². The number of amides is 1. The lowest BCUT2D eigenvalue weighted by Gasteiger charge is -2.35. The maximum Gasteiger partial charge on any atom is 0.231 e. The van der Waals surface area contributed by atoms with Crippen molar-refractivity contribution in [2.75, 3.05) is 18.4 Å². The van der Waals surface area contributed by atoms with Crippen LogP contribution < -0.4 is 10.6 Å². The van der Waals surface area contributed by atoms with E-state index in [1.165, 1.54) is 18.3 Å². The Balaban J connectivity index is 2.07. The number of anilines is 1. The van der Waals surface area contributed by atoms with Crippen LogP contribution in [0.1, 0.15) is 26.2 Å². The number of hydrogen-bond acceptors (Lipinski definition) is 3. The third-order valence-electron chi connectivity index (χ3n) is 3.62. The highest BCUT2D eigenvalue weighted by atomic mass is 19.1. The fourth-order valence-electron chi connectivity index (χ4n) is 2.34. The number of halogens is 1. The minimum absolute atomic E-state index is 0.00870. The van der Waals surface area contributed by atoms with Crippen molar-refractivity contribution < 1.29 is 9.18 Å². The lowest BCUT2D eigenvalue weighted by atomic mass is 9.77. The van der Waals surface area contributed by atoms with Gasteiger partial charge < -0.3 is 10.6 Å². The first-order chi connectivity index (χ1) is 8.66. The fourth-order valence-corrected chi connectivity index (χ4v) is 2.34. The second-order valence-electron chi connectivity index (χ2n) is 4.74. The molecule has 0 saturated carbocycles. The van der Waals surface area contributed by atoms with Crippen LogP contribution in [0.3, 0.4) is 0 Å². The number of pyridine rings is 1. The Kier molecular flexibility index (Phi) is 3.91. The SMILES string of the molecule is CCC1(C(=O)Nc2ccc(F)nc2)CCCNC1. The van der Waals surface area contributed by atoms with E-state index < -0.39 is 5.95 Å². The van der Waals surface area contributed by atoms with Gasteiger partial charge in [-0.25, -0.2) is 4.98 Å². The van der Waals surface area contributed by atoms with Crippen molar-refractivity contribution >= 4 is 11.6 Å². The second kappa shape index (κ2) is 5.44. The van der Waals surface area contributed by atoms with E-state index in [-0.39, 0.29) is 11.3 Å². The second-order valence-corrected chi connectivity index (χ2v) is 4.74. The molecule has 1 saturated heterocycles. The summed E-state index contributed by atoms with van der Waals surface area (Å²) in [5, 5.41) is 6.09.